The van der Waals surface area contributed by atoms with E-state index < -0.39 is 5.91 Å². The van der Waals surface area contributed by atoms with Crippen LogP contribution >= 0.6 is 11.3 Å². The Kier molecular flexibility index (Phi) is 4.62. The zero-order valence-electron chi connectivity index (χ0n) is 12.6. The topological polar surface area (TPSA) is 72.6 Å². The van der Waals surface area contributed by atoms with Crippen LogP contribution in [-0.2, 0) is 4.79 Å². The Morgan fingerprint density at radius 1 is 1.30 bits per heavy atom. The van der Waals surface area contributed by atoms with Gasteiger partial charge in [-0.2, -0.15) is 0 Å². The maximum absolute atomic E-state index is 12.8. The summed E-state index contributed by atoms with van der Waals surface area (Å²) in [4.78, 5) is 26.8. The van der Waals surface area contributed by atoms with Gasteiger partial charge >= 0.3 is 0 Å². The summed E-state index contributed by atoms with van der Waals surface area (Å²) in [6.45, 7) is 0.562. The van der Waals surface area contributed by atoms with Gasteiger partial charge in [0.1, 0.15) is 5.75 Å². The first-order valence-electron chi connectivity index (χ1n) is 7.50. The summed E-state index contributed by atoms with van der Waals surface area (Å²) in [6.07, 6.45) is 2.00. The normalized spacial score (nSPS) is 17.2. The van der Waals surface area contributed by atoms with Gasteiger partial charge in [0.25, 0.3) is 11.8 Å². The molecular weight excluding hydrogens is 312 g/mol. The van der Waals surface area contributed by atoms with Crippen molar-refractivity contribution in [3.8, 4) is 5.75 Å². The molecule has 0 radical (unpaired) electrons. The van der Waals surface area contributed by atoms with Gasteiger partial charge in [0, 0.05) is 17.0 Å². The molecule has 1 fully saturated rings. The van der Waals surface area contributed by atoms with Gasteiger partial charge in [0.15, 0.2) is 6.61 Å². The Morgan fingerprint density at radius 3 is 2.91 bits per heavy atom. The van der Waals surface area contributed by atoms with Crippen molar-refractivity contribution >= 4 is 23.2 Å². The van der Waals surface area contributed by atoms with Crippen LogP contribution in [0, 0.1) is 0 Å². The van der Waals surface area contributed by atoms with Crippen LogP contribution in [-0.4, -0.2) is 29.9 Å². The molecule has 1 aromatic carbocycles. The second-order valence-electron chi connectivity index (χ2n) is 5.45. The van der Waals surface area contributed by atoms with E-state index >= 15 is 0 Å². The summed E-state index contributed by atoms with van der Waals surface area (Å²) >= 11 is 1.68. The summed E-state index contributed by atoms with van der Waals surface area (Å²) in [5, 5.41) is 2.04. The zero-order valence-corrected chi connectivity index (χ0v) is 13.4. The molecule has 1 saturated heterocycles. The van der Waals surface area contributed by atoms with Gasteiger partial charge in [0.05, 0.1) is 6.04 Å². The van der Waals surface area contributed by atoms with Crippen molar-refractivity contribution in [3.63, 3.8) is 0 Å². The van der Waals surface area contributed by atoms with Crippen LogP contribution < -0.4 is 10.5 Å². The predicted octanol–water partition coefficient (Wildman–Crippen LogP) is 2.59. The molecule has 0 spiro atoms. The maximum Gasteiger partial charge on any atom is 0.255 e. The van der Waals surface area contributed by atoms with Gasteiger partial charge < -0.3 is 15.4 Å². The largest absolute Gasteiger partial charge is 0.484 e. The van der Waals surface area contributed by atoms with Gasteiger partial charge in [-0.15, -0.1) is 11.3 Å². The molecule has 2 aromatic rings. The molecule has 0 bridgehead atoms. The summed E-state index contributed by atoms with van der Waals surface area (Å²) in [7, 11) is 0. The second kappa shape index (κ2) is 6.83. The molecule has 6 heteroatoms. The number of ether oxygens (including phenoxy) is 1. The average molecular weight is 330 g/mol. The van der Waals surface area contributed by atoms with E-state index in [1.807, 2.05) is 16.3 Å². The molecule has 1 atom stereocenters. The number of nitrogens with zero attached hydrogens (tertiary/aromatic N) is 1. The van der Waals surface area contributed by atoms with Crippen LogP contribution in [0.4, 0.5) is 0 Å². The minimum absolute atomic E-state index is 0.00887. The number of carbonyl (C=O) groups is 2. The highest BCUT2D eigenvalue weighted by atomic mass is 32.1. The molecule has 0 aliphatic carbocycles. The first kappa shape index (κ1) is 15.6. The number of rotatable bonds is 5. The monoisotopic (exact) mass is 330 g/mol. The fourth-order valence-electron chi connectivity index (χ4n) is 2.83. The average Bonchev–Trinajstić information content (AvgIpc) is 3.23. The summed E-state index contributed by atoms with van der Waals surface area (Å²) < 4.78 is 5.28. The Hall–Kier alpha value is -2.34. The highest BCUT2D eigenvalue weighted by molar-refractivity contribution is 7.10. The molecule has 0 unspecified atom stereocenters. The van der Waals surface area contributed by atoms with Crippen molar-refractivity contribution in [2.24, 2.45) is 5.73 Å². The van der Waals surface area contributed by atoms with E-state index in [9.17, 15) is 9.59 Å². The van der Waals surface area contributed by atoms with Crippen LogP contribution in [0.2, 0.25) is 0 Å². The second-order valence-corrected chi connectivity index (χ2v) is 6.43. The lowest BCUT2D eigenvalue weighted by Gasteiger charge is -2.24. The minimum Gasteiger partial charge on any atom is -0.484 e. The smallest absolute Gasteiger partial charge is 0.255 e. The molecule has 1 aliphatic heterocycles. The van der Waals surface area contributed by atoms with Gasteiger partial charge in [-0.1, -0.05) is 12.1 Å². The maximum atomic E-state index is 12.8. The summed E-state index contributed by atoms with van der Waals surface area (Å²) in [5.41, 5.74) is 5.64. The molecule has 2 N–H and O–H groups in total. The molecule has 3 rings (SSSR count). The third kappa shape index (κ3) is 3.53. The number of thiophene rings is 1. The molecular formula is C17H18N2O3S. The van der Waals surface area contributed by atoms with Crippen molar-refractivity contribution in [1.82, 2.24) is 4.90 Å². The fourth-order valence-corrected chi connectivity index (χ4v) is 3.70. The Labute approximate surface area is 138 Å². The van der Waals surface area contributed by atoms with E-state index in [-0.39, 0.29) is 18.6 Å². The number of amides is 2. The fraction of sp³-hybridized carbons (Fsp3) is 0.294. The van der Waals surface area contributed by atoms with Crippen molar-refractivity contribution < 1.29 is 14.3 Å². The van der Waals surface area contributed by atoms with Gasteiger partial charge in [0.2, 0.25) is 0 Å². The molecule has 23 heavy (non-hydrogen) atoms. The van der Waals surface area contributed by atoms with Crippen LogP contribution in [0.3, 0.4) is 0 Å². The number of carbonyl (C=O) groups excluding carboxylic acids is 2. The zero-order chi connectivity index (χ0) is 16.2. The number of nitrogens with two attached hydrogens (primary N) is 1. The first-order valence-corrected chi connectivity index (χ1v) is 8.38. The van der Waals surface area contributed by atoms with E-state index in [0.29, 0.717) is 11.3 Å². The standard InChI is InChI=1S/C17H18N2O3S/c18-16(20)11-22-13-5-1-4-12(10-13)17(21)19-8-2-6-14(19)15-7-3-9-23-15/h1,3-5,7,9-10,14H,2,6,8,11H2,(H2,18,20)/t14-/m1/s1. The lowest BCUT2D eigenvalue weighted by molar-refractivity contribution is -0.119. The summed E-state index contributed by atoms with van der Waals surface area (Å²) in [6, 6.07) is 11.1. The predicted molar refractivity (Wildman–Crippen MR) is 88.5 cm³/mol. The Bertz CT molecular complexity index is 700. The SMILES string of the molecule is NC(=O)COc1cccc(C(=O)N2CCC[C@@H]2c2cccs2)c1. The Morgan fingerprint density at radius 2 is 2.17 bits per heavy atom. The number of hydrogen-bond acceptors (Lipinski definition) is 4. The third-order valence-corrected chi connectivity index (χ3v) is 4.82. The molecule has 120 valence electrons. The number of primary amides is 1. The van der Waals surface area contributed by atoms with E-state index in [1.54, 1.807) is 35.6 Å². The lowest BCUT2D eigenvalue weighted by atomic mass is 10.1. The van der Waals surface area contributed by atoms with E-state index in [4.69, 9.17) is 10.5 Å². The number of hydrogen-bond donors (Lipinski definition) is 1. The molecule has 5 nitrogen and oxygen atoms in total. The van der Waals surface area contributed by atoms with Gasteiger partial charge in [-0.25, -0.2) is 0 Å². The number of benzene rings is 1. The highest BCUT2D eigenvalue weighted by Gasteiger charge is 2.31. The quantitative estimate of drug-likeness (QED) is 0.916. The van der Waals surface area contributed by atoms with Gasteiger partial charge in [-0.3, -0.25) is 9.59 Å². The molecule has 1 aliphatic rings. The van der Waals surface area contributed by atoms with E-state index in [0.717, 1.165) is 19.4 Å². The van der Waals surface area contributed by atoms with E-state index in [1.165, 1.54) is 4.88 Å². The lowest BCUT2D eigenvalue weighted by Crippen LogP contribution is -2.30. The summed E-state index contributed by atoms with van der Waals surface area (Å²) in [5.74, 6) is -0.0778. The molecule has 0 saturated carbocycles. The van der Waals surface area contributed by atoms with Crippen molar-refractivity contribution in [1.29, 1.82) is 0 Å². The Balaban J connectivity index is 1.77. The van der Waals surface area contributed by atoms with Gasteiger partial charge in [-0.05, 0) is 42.5 Å². The van der Waals surface area contributed by atoms with Crippen molar-refractivity contribution in [2.45, 2.75) is 18.9 Å². The molecule has 2 amide bonds. The van der Waals surface area contributed by atoms with E-state index in [2.05, 4.69) is 6.07 Å². The van der Waals surface area contributed by atoms with Crippen LogP contribution in [0.25, 0.3) is 0 Å². The first-order chi connectivity index (χ1) is 11.1. The van der Waals surface area contributed by atoms with Crippen LogP contribution in [0.15, 0.2) is 41.8 Å². The minimum atomic E-state index is -0.543. The van der Waals surface area contributed by atoms with Crippen molar-refractivity contribution in [2.75, 3.05) is 13.2 Å². The van der Waals surface area contributed by atoms with Crippen molar-refractivity contribution in [3.05, 3.63) is 52.2 Å². The van der Waals surface area contributed by atoms with Crippen LogP contribution in [0.5, 0.6) is 5.75 Å². The molecule has 2 heterocycles. The third-order valence-electron chi connectivity index (χ3n) is 3.85. The highest BCUT2D eigenvalue weighted by Crippen LogP contribution is 2.35. The van der Waals surface area contributed by atoms with Crippen LogP contribution in [0.1, 0.15) is 34.1 Å². The molecule has 1 aromatic heterocycles. The number of likely N-dealkylation sites (tertiary alicyclic amines) is 1.